The van der Waals surface area contributed by atoms with Crippen LogP contribution >= 0.6 is 0 Å². The van der Waals surface area contributed by atoms with Crippen LogP contribution in [0.1, 0.15) is 84.0 Å². The minimum Gasteiger partial charge on any atom is -0.503 e. The molecule has 0 spiro atoms. The molecule has 0 aliphatic carbocycles. The van der Waals surface area contributed by atoms with Crippen LogP contribution in [0, 0.1) is 53.7 Å². The van der Waals surface area contributed by atoms with Gasteiger partial charge in [0.25, 0.3) is 0 Å². The summed E-state index contributed by atoms with van der Waals surface area (Å²) >= 11 is 0. The van der Waals surface area contributed by atoms with Gasteiger partial charge in [-0.2, -0.15) is 11.2 Å². The van der Waals surface area contributed by atoms with Gasteiger partial charge in [0.05, 0.1) is 11.5 Å². The van der Waals surface area contributed by atoms with Gasteiger partial charge >= 0.3 is 21.1 Å². The Hall–Kier alpha value is -5.32. The average Bonchev–Trinajstić information content (AvgIpc) is 3.66. The topological polar surface area (TPSA) is 62.1 Å². The molecular formula is C49H48N4O2Pt. The Morgan fingerprint density at radius 1 is 0.571 bits per heavy atom. The van der Waals surface area contributed by atoms with Crippen molar-refractivity contribution >= 4 is 0 Å². The quantitative estimate of drug-likeness (QED) is 0.128. The van der Waals surface area contributed by atoms with Crippen LogP contribution in [0.15, 0.2) is 97.5 Å². The molecule has 286 valence electrons. The second-order valence-corrected chi connectivity index (χ2v) is 15.1. The van der Waals surface area contributed by atoms with Crippen LogP contribution < -0.4 is 9.47 Å². The fourth-order valence-corrected chi connectivity index (χ4v) is 7.30. The van der Waals surface area contributed by atoms with Crippen LogP contribution in [-0.4, -0.2) is 19.7 Å². The van der Waals surface area contributed by atoms with Crippen LogP contribution in [0.5, 0.6) is 23.1 Å². The van der Waals surface area contributed by atoms with Crippen LogP contribution in [0.3, 0.4) is 0 Å². The first-order valence-electron chi connectivity index (χ1n) is 19.0. The normalized spacial score (nSPS) is 11.2. The predicted molar refractivity (Wildman–Crippen MR) is 223 cm³/mol. The van der Waals surface area contributed by atoms with Gasteiger partial charge in [-0.1, -0.05) is 95.3 Å². The Morgan fingerprint density at radius 2 is 1.20 bits per heavy atom. The molecular weight excluding hydrogens is 872 g/mol. The Labute approximate surface area is 346 Å². The van der Waals surface area contributed by atoms with Crippen molar-refractivity contribution in [3.05, 3.63) is 154 Å². The minimum atomic E-state index is 0. The molecule has 0 bridgehead atoms. The van der Waals surface area contributed by atoms with Gasteiger partial charge in [-0.3, -0.25) is 4.98 Å². The van der Waals surface area contributed by atoms with E-state index in [2.05, 4.69) is 133 Å². The molecule has 6 nitrogen and oxygen atoms in total. The number of hydrogen-bond donors (Lipinski definition) is 0. The molecule has 0 saturated heterocycles. The molecule has 0 aliphatic rings. The third-order valence-electron chi connectivity index (χ3n) is 10.7. The number of aromatic nitrogens is 4. The second-order valence-electron chi connectivity index (χ2n) is 15.1. The summed E-state index contributed by atoms with van der Waals surface area (Å²) in [6.07, 6.45) is 3.59. The summed E-state index contributed by atoms with van der Waals surface area (Å²) in [4.78, 5) is 9.27. The first-order chi connectivity index (χ1) is 26.4. The maximum atomic E-state index is 6.34. The molecule has 7 heteroatoms. The summed E-state index contributed by atoms with van der Waals surface area (Å²) in [6.45, 7) is 21.8. The monoisotopic (exact) mass is 919 g/mol. The van der Waals surface area contributed by atoms with Gasteiger partial charge in [-0.15, -0.1) is 29.3 Å². The van der Waals surface area contributed by atoms with Crippen molar-refractivity contribution < 1.29 is 30.5 Å². The number of rotatable bonds is 10. The molecule has 5 aromatic carbocycles. The Kier molecular flexibility index (Phi) is 12.1. The Morgan fingerprint density at radius 3 is 1.84 bits per heavy atom. The number of pyridine rings is 1. The molecule has 0 saturated carbocycles. The van der Waals surface area contributed by atoms with Crippen molar-refractivity contribution in [2.45, 2.75) is 81.1 Å². The van der Waals surface area contributed by atoms with E-state index in [-0.39, 0.29) is 21.1 Å². The number of hydrogen-bond acceptors (Lipinski definition) is 5. The van der Waals surface area contributed by atoms with Gasteiger partial charge in [-0.05, 0) is 114 Å². The Bertz CT molecular complexity index is 2460. The zero-order valence-electron chi connectivity index (χ0n) is 33.8. The van der Waals surface area contributed by atoms with Crippen LogP contribution in [0.4, 0.5) is 0 Å². The number of ether oxygens (including phenoxy) is 2. The summed E-state index contributed by atoms with van der Waals surface area (Å²) in [7, 11) is 0. The van der Waals surface area contributed by atoms with E-state index in [1.807, 2.05) is 54.2 Å². The standard InChI is InChI=1S/C49H48N4O2.Pt/c1-29(2)44-24-39(37-15-12-11-13-16-37)25-45(30(3)4)47(44)38-19-20-50-46(26-38)55-42-18-14-17-41(27-42)54-43-22-31(5)21-40(23-43)49-51-28-53(52-49)48-35(9)33(7)32(6)34(8)36(48)10;/h11-22,24-26,28-30H,1-10H3;/q-2;+2. The van der Waals surface area contributed by atoms with Gasteiger partial charge in [0.2, 0.25) is 5.88 Å². The van der Waals surface area contributed by atoms with Gasteiger partial charge in [0.1, 0.15) is 6.33 Å². The maximum absolute atomic E-state index is 6.34. The van der Waals surface area contributed by atoms with E-state index in [9.17, 15) is 0 Å². The van der Waals surface area contributed by atoms with Gasteiger partial charge in [0.15, 0.2) is 0 Å². The third kappa shape index (κ3) is 8.27. The van der Waals surface area contributed by atoms with Crippen LogP contribution in [0.2, 0.25) is 0 Å². The van der Waals surface area contributed by atoms with E-state index in [4.69, 9.17) is 14.6 Å². The fourth-order valence-electron chi connectivity index (χ4n) is 7.30. The van der Waals surface area contributed by atoms with Crippen molar-refractivity contribution in [2.24, 2.45) is 0 Å². The van der Waals surface area contributed by atoms with Gasteiger partial charge < -0.3 is 9.47 Å². The van der Waals surface area contributed by atoms with E-state index in [1.54, 1.807) is 6.33 Å². The Balaban J connectivity index is 0.00000532. The van der Waals surface area contributed by atoms with Crippen LogP contribution in [-0.2, 0) is 21.1 Å². The van der Waals surface area contributed by atoms with Gasteiger partial charge in [0, 0.05) is 29.5 Å². The molecule has 0 N–H and O–H groups in total. The third-order valence-corrected chi connectivity index (χ3v) is 10.7. The van der Waals surface area contributed by atoms with E-state index in [0.717, 1.165) is 22.4 Å². The second kappa shape index (κ2) is 16.8. The van der Waals surface area contributed by atoms with Crippen molar-refractivity contribution in [3.8, 4) is 62.5 Å². The average molecular weight is 920 g/mol. The van der Waals surface area contributed by atoms with Crippen molar-refractivity contribution in [3.63, 3.8) is 0 Å². The molecule has 0 aliphatic heterocycles. The molecule has 56 heavy (non-hydrogen) atoms. The van der Waals surface area contributed by atoms with E-state index < -0.39 is 0 Å². The first-order valence-corrected chi connectivity index (χ1v) is 19.0. The summed E-state index contributed by atoms with van der Waals surface area (Å²) in [5.41, 5.74) is 16.4. The summed E-state index contributed by atoms with van der Waals surface area (Å²) in [5, 5.41) is 4.90. The molecule has 7 rings (SSSR count). The zero-order chi connectivity index (χ0) is 39.0. The first kappa shape index (κ1) is 40.3. The smallest absolute Gasteiger partial charge is 0.503 e. The van der Waals surface area contributed by atoms with Crippen molar-refractivity contribution in [1.29, 1.82) is 0 Å². The summed E-state index contributed by atoms with van der Waals surface area (Å²) < 4.78 is 14.5. The maximum Gasteiger partial charge on any atom is 2.00 e. The predicted octanol–water partition coefficient (Wildman–Crippen LogP) is 12.9. The molecule has 2 aromatic heterocycles. The molecule has 0 fully saturated rings. The molecule has 0 unspecified atom stereocenters. The minimum absolute atomic E-state index is 0. The molecule has 0 radical (unpaired) electrons. The van der Waals surface area contributed by atoms with Crippen LogP contribution in [0.25, 0.3) is 39.3 Å². The van der Waals surface area contributed by atoms with E-state index in [1.165, 1.54) is 55.6 Å². The number of nitrogens with zero attached hydrogens (tertiary/aromatic N) is 4. The molecule has 7 aromatic rings. The SMILES string of the molecule is Cc1cc(Oc2[c-]c(Oc3cc(-c4c(C(C)C)cc(-c5ccccc5)cc4C(C)C)ccn3)ccc2)[c-]c(-c2ncn(-c3c(C)c(C)c(C)c(C)c3C)n2)c1.[Pt+2]. The molecule has 0 amide bonds. The van der Waals surface area contributed by atoms with E-state index >= 15 is 0 Å². The van der Waals surface area contributed by atoms with Gasteiger partial charge in [-0.25, -0.2) is 9.67 Å². The number of benzene rings is 5. The fraction of sp³-hybridized carbons (Fsp3) is 0.245. The largest absolute Gasteiger partial charge is 2.00 e. The molecule has 0 atom stereocenters. The van der Waals surface area contributed by atoms with Crippen molar-refractivity contribution in [2.75, 3.05) is 0 Å². The van der Waals surface area contributed by atoms with E-state index in [0.29, 0.717) is 40.8 Å². The summed E-state index contributed by atoms with van der Waals surface area (Å²) in [6, 6.07) is 35.6. The van der Waals surface area contributed by atoms with Crippen molar-refractivity contribution in [1.82, 2.24) is 19.7 Å². The molecule has 2 heterocycles. The number of aryl methyl sites for hydroxylation is 1. The summed E-state index contributed by atoms with van der Waals surface area (Å²) in [5.74, 6) is 3.22. The zero-order valence-corrected chi connectivity index (χ0v) is 36.1.